The van der Waals surface area contributed by atoms with E-state index < -0.39 is 5.82 Å². The Bertz CT molecular complexity index is 1060. The molecule has 0 aliphatic carbocycles. The Kier molecular flexibility index (Phi) is 6.43. The number of halogens is 2. The highest BCUT2D eigenvalue weighted by molar-refractivity contribution is 9.10. The third-order valence-corrected chi connectivity index (χ3v) is 4.97. The van der Waals surface area contributed by atoms with Crippen LogP contribution in [-0.2, 0) is 13.6 Å². The number of amides is 1. The van der Waals surface area contributed by atoms with Crippen molar-refractivity contribution in [1.82, 2.24) is 15.1 Å². The Balaban J connectivity index is 1.86. The van der Waals surface area contributed by atoms with Gasteiger partial charge in [0.2, 0.25) is 5.96 Å². The van der Waals surface area contributed by atoms with Gasteiger partial charge in [0.05, 0.1) is 12.2 Å². The largest absolute Gasteiger partial charge is 0.326 e. The van der Waals surface area contributed by atoms with Gasteiger partial charge in [-0.2, -0.15) is 5.10 Å². The second-order valence-corrected chi connectivity index (χ2v) is 7.45. The third-order valence-electron chi connectivity index (χ3n) is 4.48. The predicted octanol–water partition coefficient (Wildman–Crippen LogP) is 4.34. The molecule has 0 saturated carbocycles. The lowest BCUT2D eigenvalue weighted by atomic mass is 10.2. The SMILES string of the molecule is Cc1nn(C)c(C)c1CN=C(NC(=O)c1ccc(F)cc1)Nc1cccc(Br)c1. The number of hydrogen-bond acceptors (Lipinski definition) is 3. The van der Waals surface area contributed by atoms with Crippen molar-refractivity contribution >= 4 is 33.5 Å². The monoisotopic (exact) mass is 457 g/mol. The Morgan fingerprint density at radius 1 is 1.21 bits per heavy atom. The topological polar surface area (TPSA) is 71.3 Å². The molecule has 0 atom stereocenters. The molecule has 1 heterocycles. The summed E-state index contributed by atoms with van der Waals surface area (Å²) in [6.45, 7) is 4.26. The van der Waals surface area contributed by atoms with Gasteiger partial charge >= 0.3 is 0 Å². The van der Waals surface area contributed by atoms with E-state index in [1.165, 1.54) is 24.3 Å². The second kappa shape index (κ2) is 9.00. The van der Waals surface area contributed by atoms with Gasteiger partial charge in [0, 0.05) is 34.0 Å². The maximum atomic E-state index is 13.1. The van der Waals surface area contributed by atoms with Gasteiger partial charge in [-0.3, -0.25) is 14.8 Å². The lowest BCUT2D eigenvalue weighted by Crippen LogP contribution is -2.36. The summed E-state index contributed by atoms with van der Waals surface area (Å²) in [6, 6.07) is 12.9. The third kappa shape index (κ3) is 5.29. The molecule has 0 fully saturated rings. The highest BCUT2D eigenvalue weighted by Gasteiger charge is 2.12. The van der Waals surface area contributed by atoms with Crippen LogP contribution in [0.25, 0.3) is 0 Å². The number of aliphatic imine (C=N–C) groups is 1. The first-order valence-electron chi connectivity index (χ1n) is 8.96. The Morgan fingerprint density at radius 3 is 2.55 bits per heavy atom. The molecule has 2 aromatic carbocycles. The van der Waals surface area contributed by atoms with Crippen LogP contribution in [0.5, 0.6) is 0 Å². The molecule has 0 spiro atoms. The van der Waals surface area contributed by atoms with Crippen LogP contribution in [0.3, 0.4) is 0 Å². The van der Waals surface area contributed by atoms with E-state index in [9.17, 15) is 9.18 Å². The maximum Gasteiger partial charge on any atom is 0.257 e. The summed E-state index contributed by atoms with van der Waals surface area (Å²) in [5.74, 6) is -0.490. The molecule has 29 heavy (non-hydrogen) atoms. The number of nitrogens with zero attached hydrogens (tertiary/aromatic N) is 3. The Hall–Kier alpha value is -3.00. The molecule has 0 saturated heterocycles. The summed E-state index contributed by atoms with van der Waals surface area (Å²) in [7, 11) is 1.88. The van der Waals surface area contributed by atoms with Crippen LogP contribution in [0.15, 0.2) is 58.0 Å². The number of aromatic nitrogens is 2. The normalized spacial score (nSPS) is 11.4. The molecule has 0 aliphatic heterocycles. The Morgan fingerprint density at radius 2 is 1.93 bits per heavy atom. The number of guanidine groups is 1. The minimum atomic E-state index is -0.398. The first-order valence-corrected chi connectivity index (χ1v) is 9.76. The van der Waals surface area contributed by atoms with Crippen molar-refractivity contribution in [1.29, 1.82) is 0 Å². The predicted molar refractivity (Wildman–Crippen MR) is 115 cm³/mol. The Labute approximate surface area is 177 Å². The van der Waals surface area contributed by atoms with E-state index >= 15 is 0 Å². The van der Waals surface area contributed by atoms with Gasteiger partial charge in [-0.1, -0.05) is 22.0 Å². The average Bonchev–Trinajstić information content (AvgIpc) is 2.92. The zero-order chi connectivity index (χ0) is 21.0. The molecular weight excluding hydrogens is 437 g/mol. The molecule has 3 aromatic rings. The number of nitrogens with one attached hydrogen (secondary N) is 2. The number of carbonyl (C=O) groups is 1. The van der Waals surface area contributed by atoms with Crippen molar-refractivity contribution in [2.24, 2.45) is 12.0 Å². The molecule has 0 aliphatic rings. The van der Waals surface area contributed by atoms with E-state index in [1.807, 2.05) is 45.2 Å². The van der Waals surface area contributed by atoms with E-state index in [1.54, 1.807) is 4.68 Å². The second-order valence-electron chi connectivity index (χ2n) is 6.53. The van der Waals surface area contributed by atoms with Crippen molar-refractivity contribution in [2.45, 2.75) is 20.4 Å². The molecule has 8 heteroatoms. The first-order chi connectivity index (χ1) is 13.8. The van der Waals surface area contributed by atoms with Gasteiger partial charge in [0.15, 0.2) is 0 Å². The fraction of sp³-hybridized carbons (Fsp3) is 0.190. The summed E-state index contributed by atoms with van der Waals surface area (Å²) in [4.78, 5) is 17.2. The molecular formula is C21H21BrFN5O. The van der Waals surface area contributed by atoms with E-state index in [2.05, 4.69) is 36.7 Å². The van der Waals surface area contributed by atoms with Crippen molar-refractivity contribution in [3.05, 3.63) is 81.3 Å². The van der Waals surface area contributed by atoms with Crippen LogP contribution in [0, 0.1) is 19.7 Å². The molecule has 0 unspecified atom stereocenters. The van der Waals surface area contributed by atoms with Crippen LogP contribution in [0.2, 0.25) is 0 Å². The summed E-state index contributed by atoms with van der Waals surface area (Å²) in [6.07, 6.45) is 0. The van der Waals surface area contributed by atoms with E-state index in [0.29, 0.717) is 18.1 Å². The number of aryl methyl sites for hydroxylation is 2. The molecule has 150 valence electrons. The van der Waals surface area contributed by atoms with E-state index in [0.717, 1.165) is 27.1 Å². The molecule has 3 rings (SSSR count). The van der Waals surface area contributed by atoms with E-state index in [-0.39, 0.29) is 5.91 Å². The van der Waals surface area contributed by atoms with Gasteiger partial charge in [0.1, 0.15) is 5.82 Å². The zero-order valence-corrected chi connectivity index (χ0v) is 17.9. The fourth-order valence-electron chi connectivity index (χ4n) is 2.80. The summed E-state index contributed by atoms with van der Waals surface area (Å²) < 4.78 is 15.8. The van der Waals surface area contributed by atoms with Crippen LogP contribution >= 0.6 is 15.9 Å². The number of hydrogen-bond donors (Lipinski definition) is 2. The quantitative estimate of drug-likeness (QED) is 0.452. The first kappa shape index (κ1) is 20.7. The van der Waals surface area contributed by atoms with Crippen LogP contribution in [0.1, 0.15) is 27.3 Å². The zero-order valence-electron chi connectivity index (χ0n) is 16.3. The number of benzene rings is 2. The highest BCUT2D eigenvalue weighted by atomic mass is 79.9. The summed E-state index contributed by atoms with van der Waals surface area (Å²) in [5, 5.41) is 10.3. The lowest BCUT2D eigenvalue weighted by Gasteiger charge is -2.12. The molecule has 1 amide bonds. The van der Waals surface area contributed by atoms with Gasteiger partial charge in [-0.05, 0) is 56.3 Å². The average molecular weight is 458 g/mol. The van der Waals surface area contributed by atoms with Gasteiger partial charge in [0.25, 0.3) is 5.91 Å². The van der Waals surface area contributed by atoms with Crippen molar-refractivity contribution in [2.75, 3.05) is 5.32 Å². The van der Waals surface area contributed by atoms with Gasteiger partial charge in [-0.25, -0.2) is 9.38 Å². The van der Waals surface area contributed by atoms with Crippen molar-refractivity contribution in [3.8, 4) is 0 Å². The van der Waals surface area contributed by atoms with E-state index in [4.69, 9.17) is 0 Å². The number of carbonyl (C=O) groups excluding carboxylic acids is 1. The molecule has 2 N–H and O–H groups in total. The highest BCUT2D eigenvalue weighted by Crippen LogP contribution is 2.16. The molecule has 6 nitrogen and oxygen atoms in total. The minimum absolute atomic E-state index is 0.292. The fourth-order valence-corrected chi connectivity index (χ4v) is 3.20. The van der Waals surface area contributed by atoms with Gasteiger partial charge < -0.3 is 5.32 Å². The molecule has 0 bridgehead atoms. The summed E-state index contributed by atoms with van der Waals surface area (Å²) >= 11 is 3.43. The van der Waals surface area contributed by atoms with Crippen molar-refractivity contribution in [3.63, 3.8) is 0 Å². The lowest BCUT2D eigenvalue weighted by molar-refractivity contribution is 0.0977. The molecule has 0 radical (unpaired) electrons. The number of anilines is 1. The number of rotatable bonds is 4. The van der Waals surface area contributed by atoms with Crippen molar-refractivity contribution < 1.29 is 9.18 Å². The smallest absolute Gasteiger partial charge is 0.257 e. The summed E-state index contributed by atoms with van der Waals surface area (Å²) in [5.41, 5.74) is 4.00. The van der Waals surface area contributed by atoms with Gasteiger partial charge in [-0.15, -0.1) is 0 Å². The van der Waals surface area contributed by atoms with Crippen LogP contribution in [0.4, 0.5) is 10.1 Å². The minimum Gasteiger partial charge on any atom is -0.326 e. The standard InChI is InChI=1S/C21H21BrFN5O/c1-13-19(14(2)28(3)27-13)12-24-21(25-18-6-4-5-16(22)11-18)26-20(29)15-7-9-17(23)10-8-15/h4-11H,12H2,1-3H3,(H2,24,25,26,29). The molecule has 1 aromatic heterocycles. The van der Waals surface area contributed by atoms with Crippen LogP contribution < -0.4 is 10.6 Å². The van der Waals surface area contributed by atoms with Crippen LogP contribution in [-0.4, -0.2) is 21.6 Å². The maximum absolute atomic E-state index is 13.1.